The quantitative estimate of drug-likeness (QED) is 0.288. The van der Waals surface area contributed by atoms with Gasteiger partial charge in [0.15, 0.2) is 0 Å². The SMILES string of the molecule is [N-]=[N+]=NC1C(=O)CCC23C=CC(CC2)CC13. The summed E-state index contributed by atoms with van der Waals surface area (Å²) in [6.07, 6.45) is 9.59. The van der Waals surface area contributed by atoms with Crippen molar-refractivity contribution in [2.75, 3.05) is 0 Å². The highest BCUT2D eigenvalue weighted by Crippen LogP contribution is 2.56. The molecule has 0 amide bonds. The molecule has 0 aromatic rings. The molecule has 0 aliphatic heterocycles. The summed E-state index contributed by atoms with van der Waals surface area (Å²) in [7, 11) is 0. The number of rotatable bonds is 1. The maximum atomic E-state index is 11.8. The van der Waals surface area contributed by atoms with Gasteiger partial charge in [-0.1, -0.05) is 17.3 Å². The van der Waals surface area contributed by atoms with Gasteiger partial charge < -0.3 is 0 Å². The van der Waals surface area contributed by atoms with Gasteiger partial charge in [0.1, 0.15) is 5.78 Å². The smallest absolute Gasteiger partial charge is 0.142 e. The summed E-state index contributed by atoms with van der Waals surface area (Å²) in [5, 5.41) is 3.76. The molecule has 0 saturated heterocycles. The van der Waals surface area contributed by atoms with Crippen LogP contribution in [0.25, 0.3) is 10.4 Å². The van der Waals surface area contributed by atoms with Gasteiger partial charge in [0.05, 0.1) is 6.04 Å². The van der Waals surface area contributed by atoms with E-state index in [4.69, 9.17) is 5.53 Å². The van der Waals surface area contributed by atoms with Crippen molar-refractivity contribution >= 4 is 5.78 Å². The molecule has 2 bridgehead atoms. The van der Waals surface area contributed by atoms with E-state index in [1.165, 1.54) is 12.8 Å². The molecule has 0 N–H and O–H groups in total. The molecule has 4 unspecified atom stereocenters. The zero-order valence-corrected chi connectivity index (χ0v) is 9.17. The Bertz CT molecular complexity index is 410. The Morgan fingerprint density at radius 1 is 1.50 bits per heavy atom. The molecule has 0 radical (unpaired) electrons. The van der Waals surface area contributed by atoms with E-state index >= 15 is 0 Å². The Hall–Kier alpha value is -1.28. The lowest BCUT2D eigenvalue weighted by atomic mass is 9.52. The van der Waals surface area contributed by atoms with Crippen molar-refractivity contribution in [2.24, 2.45) is 22.4 Å². The molecular formula is C12H15N3O. The Labute approximate surface area is 94.3 Å². The first-order valence-electron chi connectivity index (χ1n) is 6.01. The molecule has 4 atom stereocenters. The Balaban J connectivity index is 2.00. The minimum atomic E-state index is -0.397. The van der Waals surface area contributed by atoms with Gasteiger partial charge in [0, 0.05) is 11.3 Å². The Morgan fingerprint density at radius 2 is 2.38 bits per heavy atom. The zero-order chi connectivity index (χ0) is 11.2. The fourth-order valence-corrected chi connectivity index (χ4v) is 3.79. The fraction of sp³-hybridized carbons (Fsp3) is 0.750. The molecule has 4 nitrogen and oxygen atoms in total. The predicted octanol–water partition coefficient (Wildman–Crippen LogP) is 3.00. The van der Waals surface area contributed by atoms with Gasteiger partial charge in [-0.05, 0) is 48.5 Å². The first-order chi connectivity index (χ1) is 7.75. The number of hydrogen-bond acceptors (Lipinski definition) is 2. The van der Waals surface area contributed by atoms with Crippen LogP contribution >= 0.6 is 0 Å². The van der Waals surface area contributed by atoms with Crippen LogP contribution in [0, 0.1) is 17.3 Å². The Morgan fingerprint density at radius 3 is 3.06 bits per heavy atom. The normalized spacial score (nSPS) is 45.0. The third-order valence-electron chi connectivity index (χ3n) is 4.70. The number of carbonyl (C=O) groups is 1. The number of fused-ring (bicyclic) bond motifs is 1. The van der Waals surface area contributed by atoms with E-state index in [0.29, 0.717) is 12.3 Å². The molecule has 16 heavy (non-hydrogen) atoms. The summed E-state index contributed by atoms with van der Waals surface area (Å²) in [5.41, 5.74) is 8.75. The summed E-state index contributed by atoms with van der Waals surface area (Å²) in [5.74, 6) is 1.02. The molecule has 2 saturated carbocycles. The van der Waals surface area contributed by atoms with Gasteiger partial charge >= 0.3 is 0 Å². The fourth-order valence-electron chi connectivity index (χ4n) is 3.79. The lowest BCUT2D eigenvalue weighted by Crippen LogP contribution is -2.50. The van der Waals surface area contributed by atoms with Crippen molar-refractivity contribution < 1.29 is 4.79 Å². The highest BCUT2D eigenvalue weighted by molar-refractivity contribution is 5.85. The molecule has 84 valence electrons. The minimum absolute atomic E-state index is 0.148. The largest absolute Gasteiger partial charge is 0.299 e. The van der Waals surface area contributed by atoms with Crippen LogP contribution in [0.1, 0.15) is 32.1 Å². The average Bonchev–Trinajstić information content (AvgIpc) is 2.34. The van der Waals surface area contributed by atoms with Crippen LogP contribution in [0.15, 0.2) is 17.3 Å². The van der Waals surface area contributed by atoms with Gasteiger partial charge in [-0.25, -0.2) is 0 Å². The first kappa shape index (κ1) is 9.91. The summed E-state index contributed by atoms with van der Waals surface area (Å²) in [4.78, 5) is 14.7. The van der Waals surface area contributed by atoms with Crippen LogP contribution in [-0.4, -0.2) is 11.8 Å². The van der Waals surface area contributed by atoms with Crippen LogP contribution < -0.4 is 0 Å². The van der Waals surface area contributed by atoms with Gasteiger partial charge in [-0.3, -0.25) is 4.79 Å². The van der Waals surface area contributed by atoms with Crippen molar-refractivity contribution in [3.8, 4) is 0 Å². The van der Waals surface area contributed by atoms with Gasteiger partial charge in [-0.2, -0.15) is 0 Å². The number of carbonyl (C=O) groups excluding carboxylic acids is 1. The summed E-state index contributed by atoms with van der Waals surface area (Å²) in [6, 6.07) is -0.397. The van der Waals surface area contributed by atoms with Crippen molar-refractivity contribution in [1.82, 2.24) is 0 Å². The van der Waals surface area contributed by atoms with Crippen LogP contribution in [0.2, 0.25) is 0 Å². The summed E-state index contributed by atoms with van der Waals surface area (Å²) < 4.78 is 0. The molecule has 0 aromatic carbocycles. The Kier molecular flexibility index (Phi) is 2.08. The van der Waals surface area contributed by atoms with E-state index < -0.39 is 6.04 Å². The van der Waals surface area contributed by atoms with Gasteiger partial charge in [-0.15, -0.1) is 0 Å². The highest BCUT2D eigenvalue weighted by Gasteiger charge is 2.51. The van der Waals surface area contributed by atoms with Crippen LogP contribution in [0.5, 0.6) is 0 Å². The van der Waals surface area contributed by atoms with Crippen molar-refractivity contribution in [1.29, 1.82) is 0 Å². The molecule has 0 aromatic heterocycles. The standard InChI is InChI=1S/C12H15N3O/c13-15-14-11-9-7-8-1-4-12(9,5-2-8)6-3-10(11)16/h1,4,8-9,11H,2-3,5-7H2. The molecular weight excluding hydrogens is 202 g/mol. The van der Waals surface area contributed by atoms with Crippen LogP contribution in [-0.2, 0) is 4.79 Å². The van der Waals surface area contributed by atoms with E-state index in [2.05, 4.69) is 22.2 Å². The predicted molar refractivity (Wildman–Crippen MR) is 59.6 cm³/mol. The number of allylic oxidation sites excluding steroid dienone is 2. The van der Waals surface area contributed by atoms with E-state index in [-0.39, 0.29) is 17.1 Å². The van der Waals surface area contributed by atoms with Crippen LogP contribution in [0.4, 0.5) is 0 Å². The number of nitrogens with zero attached hydrogens (tertiary/aromatic N) is 3. The van der Waals surface area contributed by atoms with Crippen molar-refractivity contribution in [3.63, 3.8) is 0 Å². The molecule has 4 aliphatic rings. The molecule has 4 rings (SSSR count). The van der Waals surface area contributed by atoms with Crippen molar-refractivity contribution in [2.45, 2.75) is 38.1 Å². The van der Waals surface area contributed by atoms with E-state index in [1.54, 1.807) is 0 Å². The molecule has 4 aliphatic carbocycles. The lowest BCUT2D eigenvalue weighted by Gasteiger charge is -2.52. The maximum Gasteiger partial charge on any atom is 0.142 e. The average molecular weight is 217 g/mol. The second-order valence-electron chi connectivity index (χ2n) is 5.35. The number of ketones is 1. The summed E-state index contributed by atoms with van der Waals surface area (Å²) >= 11 is 0. The van der Waals surface area contributed by atoms with E-state index in [0.717, 1.165) is 12.8 Å². The van der Waals surface area contributed by atoms with Crippen molar-refractivity contribution in [3.05, 3.63) is 22.6 Å². The number of hydrogen-bond donors (Lipinski definition) is 0. The third kappa shape index (κ3) is 1.23. The van der Waals surface area contributed by atoms with E-state index in [9.17, 15) is 4.79 Å². The molecule has 4 heteroatoms. The second-order valence-corrected chi connectivity index (χ2v) is 5.35. The van der Waals surface area contributed by atoms with Gasteiger partial charge in [0.2, 0.25) is 0 Å². The lowest BCUT2D eigenvalue weighted by molar-refractivity contribution is -0.128. The summed E-state index contributed by atoms with van der Waals surface area (Å²) in [6.45, 7) is 0. The topological polar surface area (TPSA) is 65.8 Å². The highest BCUT2D eigenvalue weighted by atomic mass is 16.1. The monoisotopic (exact) mass is 217 g/mol. The number of azide groups is 1. The van der Waals surface area contributed by atoms with E-state index in [1.807, 2.05) is 0 Å². The maximum absolute atomic E-state index is 11.8. The zero-order valence-electron chi connectivity index (χ0n) is 9.17. The second kappa shape index (κ2) is 3.36. The molecule has 1 spiro atoms. The minimum Gasteiger partial charge on any atom is -0.299 e. The van der Waals surface area contributed by atoms with Crippen LogP contribution in [0.3, 0.4) is 0 Å². The number of Topliss-reactive ketones (excluding diaryl/α,β-unsaturated/α-hetero) is 1. The third-order valence-corrected chi connectivity index (χ3v) is 4.70. The molecule has 0 heterocycles. The molecule has 2 fully saturated rings. The van der Waals surface area contributed by atoms with Gasteiger partial charge in [0.25, 0.3) is 0 Å². The first-order valence-corrected chi connectivity index (χ1v) is 6.01.